The van der Waals surface area contributed by atoms with E-state index in [9.17, 15) is 13.2 Å². The Morgan fingerprint density at radius 1 is 1.33 bits per heavy atom. The summed E-state index contributed by atoms with van der Waals surface area (Å²) < 4.78 is 46.2. The Morgan fingerprint density at radius 3 is 2.67 bits per heavy atom. The molecule has 1 aromatic heterocycles. The summed E-state index contributed by atoms with van der Waals surface area (Å²) in [6, 6.07) is 7.32. The second-order valence-electron chi connectivity index (χ2n) is 8.30. The van der Waals surface area contributed by atoms with Crippen molar-refractivity contribution in [1.29, 1.82) is 0 Å². The van der Waals surface area contributed by atoms with Crippen molar-refractivity contribution >= 4 is 21.8 Å². The van der Waals surface area contributed by atoms with Gasteiger partial charge in [-0.3, -0.25) is 4.79 Å². The molecule has 1 atom stereocenters. The number of ketones is 1. The Hall–Kier alpha value is -3.45. The number of Topliss-reactive ketones (excluding diaryl/α,β-unsaturated/α-hetero) is 1. The first-order valence-electron chi connectivity index (χ1n) is 10.2. The van der Waals surface area contributed by atoms with Crippen molar-refractivity contribution in [2.24, 2.45) is 10.7 Å². The van der Waals surface area contributed by atoms with Gasteiger partial charge in [0.1, 0.15) is 34.2 Å². The van der Waals surface area contributed by atoms with Crippen molar-refractivity contribution in [1.82, 2.24) is 9.29 Å². The molecule has 8 nitrogen and oxygen atoms in total. The second-order valence-corrected chi connectivity index (χ2v) is 10.6. The number of carbonyl (C=O) groups excluding carboxylic acids is 1. The molecular weight excluding hydrogens is 447 g/mol. The van der Waals surface area contributed by atoms with Gasteiger partial charge in [-0.15, -0.1) is 6.42 Å². The van der Waals surface area contributed by atoms with E-state index in [-0.39, 0.29) is 36.0 Å². The molecule has 1 aliphatic carbocycles. The van der Waals surface area contributed by atoms with Gasteiger partial charge in [0, 0.05) is 19.0 Å². The largest absolute Gasteiger partial charge is 0.479 e. The molecule has 0 unspecified atom stereocenters. The van der Waals surface area contributed by atoms with Gasteiger partial charge in [0.05, 0.1) is 6.20 Å². The van der Waals surface area contributed by atoms with Gasteiger partial charge in [-0.05, 0) is 49.6 Å². The van der Waals surface area contributed by atoms with Crippen LogP contribution in [0.1, 0.15) is 41.4 Å². The molecule has 1 fully saturated rings. The molecule has 0 radical (unpaired) electrons. The fraction of sp³-hybridized carbons (Fsp3) is 0.348. The minimum atomic E-state index is -3.83. The highest BCUT2D eigenvalue weighted by atomic mass is 32.2. The molecular formula is C23H23FN4O4S. The van der Waals surface area contributed by atoms with Gasteiger partial charge in [-0.2, -0.15) is 0 Å². The summed E-state index contributed by atoms with van der Waals surface area (Å²) >= 11 is 0. The average molecular weight is 471 g/mol. The lowest BCUT2D eigenvalue weighted by Gasteiger charge is -2.42. The van der Waals surface area contributed by atoms with E-state index in [2.05, 4.69) is 15.9 Å². The number of benzene rings is 1. The summed E-state index contributed by atoms with van der Waals surface area (Å²) in [5.41, 5.74) is 5.29. The maximum atomic E-state index is 15.0. The zero-order chi connectivity index (χ0) is 24.0. The summed E-state index contributed by atoms with van der Waals surface area (Å²) in [4.78, 5) is 21.3. The monoisotopic (exact) mass is 470 g/mol. The standard InChI is InChI=1S/C23H23FN4O4S/c1-4-11-32-16-6-8-19(26-14-16)20(29)13-15-5-7-18(24)17(12-15)22(2)23(9-10-23)33(30,31)28(3)21(25)27-22/h1,5-8,12,14H,9-11,13H2,2-3H3,(H2,25,27)/t22-/m1/s1. The van der Waals surface area contributed by atoms with E-state index in [1.807, 2.05) is 0 Å². The maximum Gasteiger partial charge on any atom is 0.245 e. The van der Waals surface area contributed by atoms with E-state index >= 15 is 4.39 Å². The number of hydrogen-bond donors (Lipinski definition) is 1. The van der Waals surface area contributed by atoms with Crippen molar-refractivity contribution in [3.63, 3.8) is 0 Å². The summed E-state index contributed by atoms with van der Waals surface area (Å²) in [6.45, 7) is 1.67. The first kappa shape index (κ1) is 22.7. The summed E-state index contributed by atoms with van der Waals surface area (Å²) in [5.74, 6) is 1.68. The second kappa shape index (κ2) is 7.85. The molecule has 2 heterocycles. The summed E-state index contributed by atoms with van der Waals surface area (Å²) in [5, 5.41) is 0. The zero-order valence-electron chi connectivity index (χ0n) is 18.2. The van der Waals surface area contributed by atoms with E-state index in [0.29, 0.717) is 24.2 Å². The third-order valence-electron chi connectivity index (χ3n) is 6.37. The van der Waals surface area contributed by atoms with Gasteiger partial charge >= 0.3 is 0 Å². The molecule has 2 aromatic rings. The first-order chi connectivity index (χ1) is 15.6. The Labute approximate surface area is 191 Å². The van der Waals surface area contributed by atoms with Gasteiger partial charge in [0.2, 0.25) is 16.0 Å². The van der Waals surface area contributed by atoms with E-state index in [0.717, 1.165) is 4.31 Å². The molecule has 0 saturated heterocycles. The number of carbonyl (C=O) groups is 1. The van der Waals surface area contributed by atoms with Crippen molar-refractivity contribution < 1.29 is 22.3 Å². The predicted molar refractivity (Wildman–Crippen MR) is 121 cm³/mol. The van der Waals surface area contributed by atoms with Crippen LogP contribution in [-0.2, 0) is 22.0 Å². The van der Waals surface area contributed by atoms with Crippen LogP contribution in [0.5, 0.6) is 5.75 Å². The number of sulfonamides is 1. The SMILES string of the molecule is C#CCOc1ccc(C(=O)Cc2ccc(F)c([C@@]3(C)N=C(N)N(C)S(=O)(=O)C34CC4)c2)nc1. The van der Waals surface area contributed by atoms with E-state index in [4.69, 9.17) is 16.9 Å². The predicted octanol–water partition coefficient (Wildman–Crippen LogP) is 2.00. The van der Waals surface area contributed by atoms with Crippen LogP contribution in [0.15, 0.2) is 41.5 Å². The molecule has 2 aliphatic rings. The number of terminal acetylenes is 1. The number of ether oxygens (including phenoxy) is 1. The molecule has 33 heavy (non-hydrogen) atoms. The molecule has 1 aromatic carbocycles. The van der Waals surface area contributed by atoms with E-state index in [1.165, 1.54) is 37.5 Å². The number of nitrogens with zero attached hydrogens (tertiary/aromatic N) is 3. The van der Waals surface area contributed by atoms with Crippen LogP contribution in [0.2, 0.25) is 0 Å². The van der Waals surface area contributed by atoms with Crippen LogP contribution in [0.25, 0.3) is 0 Å². The third kappa shape index (κ3) is 3.53. The lowest BCUT2D eigenvalue weighted by Crippen LogP contribution is -2.58. The lowest BCUT2D eigenvalue weighted by atomic mass is 9.85. The van der Waals surface area contributed by atoms with Crippen LogP contribution in [0.4, 0.5) is 4.39 Å². The molecule has 1 saturated carbocycles. The molecule has 0 bridgehead atoms. The van der Waals surface area contributed by atoms with Gasteiger partial charge in [0.25, 0.3) is 0 Å². The fourth-order valence-corrected chi connectivity index (χ4v) is 6.38. The minimum absolute atomic E-state index is 0.0558. The van der Waals surface area contributed by atoms with E-state index in [1.54, 1.807) is 13.0 Å². The first-order valence-corrected chi connectivity index (χ1v) is 11.7. The molecule has 172 valence electrons. The fourth-order valence-electron chi connectivity index (χ4n) is 4.29. The number of nitrogens with two attached hydrogens (primary N) is 1. The Balaban J connectivity index is 1.65. The van der Waals surface area contributed by atoms with Crippen LogP contribution in [0, 0.1) is 18.2 Å². The van der Waals surface area contributed by atoms with Crippen molar-refractivity contribution in [3.05, 3.63) is 59.2 Å². The van der Waals surface area contributed by atoms with Gasteiger partial charge in [-0.25, -0.2) is 27.1 Å². The average Bonchev–Trinajstić information content (AvgIpc) is 3.61. The van der Waals surface area contributed by atoms with Crippen molar-refractivity contribution in [2.45, 2.75) is 36.5 Å². The number of aliphatic imine (C=N–C) groups is 1. The van der Waals surface area contributed by atoms with Crippen LogP contribution >= 0.6 is 0 Å². The highest BCUT2D eigenvalue weighted by Crippen LogP contribution is 2.60. The molecule has 4 rings (SSSR count). The highest BCUT2D eigenvalue weighted by Gasteiger charge is 2.70. The molecule has 1 spiro atoms. The molecule has 2 N–H and O–H groups in total. The normalized spacial score (nSPS) is 22.4. The maximum absolute atomic E-state index is 15.0. The number of pyridine rings is 1. The van der Waals surface area contributed by atoms with Gasteiger partial charge < -0.3 is 10.5 Å². The molecule has 1 aliphatic heterocycles. The third-order valence-corrected chi connectivity index (χ3v) is 9.07. The van der Waals surface area contributed by atoms with Crippen LogP contribution < -0.4 is 10.5 Å². The van der Waals surface area contributed by atoms with Crippen molar-refractivity contribution in [3.8, 4) is 18.1 Å². The summed E-state index contributed by atoms with van der Waals surface area (Å²) in [6.07, 6.45) is 7.18. The topological polar surface area (TPSA) is 115 Å². The number of aromatic nitrogens is 1. The zero-order valence-corrected chi connectivity index (χ0v) is 19.0. The number of guanidine groups is 1. The molecule has 10 heteroatoms. The highest BCUT2D eigenvalue weighted by molar-refractivity contribution is 7.91. The lowest BCUT2D eigenvalue weighted by molar-refractivity contribution is 0.0988. The Bertz CT molecular complexity index is 1300. The van der Waals surface area contributed by atoms with Crippen LogP contribution in [0.3, 0.4) is 0 Å². The Morgan fingerprint density at radius 2 is 2.06 bits per heavy atom. The minimum Gasteiger partial charge on any atom is -0.479 e. The summed E-state index contributed by atoms with van der Waals surface area (Å²) in [7, 11) is -2.49. The van der Waals surface area contributed by atoms with Crippen LogP contribution in [-0.4, -0.2) is 47.9 Å². The number of hydrogen-bond acceptors (Lipinski definition) is 7. The van der Waals surface area contributed by atoms with E-state index < -0.39 is 26.1 Å². The smallest absolute Gasteiger partial charge is 0.245 e. The number of halogens is 1. The van der Waals surface area contributed by atoms with Crippen molar-refractivity contribution in [2.75, 3.05) is 13.7 Å². The molecule has 0 amide bonds. The number of rotatable bonds is 6. The quantitative estimate of drug-likeness (QED) is 0.510. The van der Waals surface area contributed by atoms with Gasteiger partial charge in [0.15, 0.2) is 5.78 Å². The van der Waals surface area contributed by atoms with Gasteiger partial charge in [-0.1, -0.05) is 12.0 Å². The Kier molecular flexibility index (Phi) is 5.41.